The fraction of sp³-hybridized carbons (Fsp3) is 0.562. The first-order chi connectivity index (χ1) is 10.3. The van der Waals surface area contributed by atoms with Gasteiger partial charge in [-0.25, -0.2) is 12.8 Å². The smallest absolute Gasteiger partial charge is 0.223 e. The second kappa shape index (κ2) is 5.33. The Hall–Kier alpha value is -1.43. The number of hydrogen-bond donors (Lipinski definition) is 0. The first-order valence-corrected chi connectivity index (χ1v) is 9.55. The number of nitrogens with zero attached hydrogens (tertiary/aromatic N) is 1. The largest absolute Gasteiger partial charge is 0.338 e. The van der Waals surface area contributed by atoms with Crippen LogP contribution in [-0.4, -0.2) is 37.8 Å². The van der Waals surface area contributed by atoms with E-state index in [9.17, 15) is 17.6 Å². The molecule has 1 aromatic carbocycles. The zero-order valence-corrected chi connectivity index (χ0v) is 13.5. The van der Waals surface area contributed by atoms with Gasteiger partial charge < -0.3 is 4.90 Å². The van der Waals surface area contributed by atoms with Gasteiger partial charge in [0.25, 0.3) is 0 Å². The Morgan fingerprint density at radius 2 is 2.05 bits per heavy atom. The minimum Gasteiger partial charge on any atom is -0.338 e. The van der Waals surface area contributed by atoms with Gasteiger partial charge in [-0.05, 0) is 47.9 Å². The van der Waals surface area contributed by atoms with Crippen LogP contribution in [0.25, 0.3) is 0 Å². The highest BCUT2D eigenvalue weighted by atomic mass is 32.2. The number of carbonyl (C=O) groups is 1. The molecule has 0 N–H and O–H groups in total. The predicted molar refractivity (Wildman–Crippen MR) is 81.5 cm³/mol. The number of halogens is 1. The summed E-state index contributed by atoms with van der Waals surface area (Å²) >= 11 is 0. The molecule has 4 nitrogen and oxygen atoms in total. The molecular weight excluding hydrogens is 305 g/mol. The van der Waals surface area contributed by atoms with E-state index in [1.165, 1.54) is 18.4 Å². The average molecular weight is 325 g/mol. The lowest BCUT2D eigenvalue weighted by Crippen LogP contribution is -2.38. The molecule has 1 amide bonds. The molecule has 0 atom stereocenters. The molecule has 1 aromatic rings. The van der Waals surface area contributed by atoms with Crippen molar-refractivity contribution in [1.82, 2.24) is 4.90 Å². The Morgan fingerprint density at radius 3 is 2.68 bits per heavy atom. The lowest BCUT2D eigenvalue weighted by molar-refractivity contribution is -0.133. The standard InChI is InChI=1S/C16H20FNO3S/c1-22(20,21)11-16(5-6-16)9-15(19)18-7-4-12-8-14(17)3-2-13(12)10-18/h2-3,8H,4-7,9-11H2,1H3. The summed E-state index contributed by atoms with van der Waals surface area (Å²) in [5, 5.41) is 0. The van der Waals surface area contributed by atoms with Crippen LogP contribution in [0.5, 0.6) is 0 Å². The van der Waals surface area contributed by atoms with Crippen LogP contribution in [0.1, 0.15) is 30.4 Å². The summed E-state index contributed by atoms with van der Waals surface area (Å²) in [5.74, 6) is -0.138. The highest BCUT2D eigenvalue weighted by Crippen LogP contribution is 2.50. The van der Waals surface area contributed by atoms with Gasteiger partial charge in [-0.15, -0.1) is 0 Å². The van der Waals surface area contributed by atoms with Gasteiger partial charge in [0.05, 0.1) is 5.75 Å². The summed E-state index contributed by atoms with van der Waals surface area (Å²) in [6, 6.07) is 4.68. The molecule has 1 heterocycles. The van der Waals surface area contributed by atoms with E-state index in [1.54, 1.807) is 11.0 Å². The van der Waals surface area contributed by atoms with Crippen molar-refractivity contribution in [2.45, 2.75) is 32.2 Å². The van der Waals surface area contributed by atoms with Crippen LogP contribution in [0.15, 0.2) is 18.2 Å². The van der Waals surface area contributed by atoms with Crippen molar-refractivity contribution in [3.63, 3.8) is 0 Å². The van der Waals surface area contributed by atoms with Crippen LogP contribution >= 0.6 is 0 Å². The van der Waals surface area contributed by atoms with Gasteiger partial charge in [-0.2, -0.15) is 0 Å². The monoisotopic (exact) mass is 325 g/mol. The van der Waals surface area contributed by atoms with Gasteiger partial charge in [0.1, 0.15) is 15.7 Å². The number of benzene rings is 1. The topological polar surface area (TPSA) is 54.5 Å². The number of rotatable bonds is 4. The quantitative estimate of drug-likeness (QED) is 0.850. The fourth-order valence-electron chi connectivity index (χ4n) is 3.27. The predicted octanol–water partition coefficient (Wildman–Crippen LogP) is 1.93. The molecule has 22 heavy (non-hydrogen) atoms. The molecule has 1 fully saturated rings. The Bertz CT molecular complexity index is 710. The van der Waals surface area contributed by atoms with Crippen LogP contribution in [0.2, 0.25) is 0 Å². The summed E-state index contributed by atoms with van der Waals surface area (Å²) < 4.78 is 36.2. The van der Waals surface area contributed by atoms with Crippen LogP contribution in [0, 0.1) is 11.2 Å². The van der Waals surface area contributed by atoms with Crippen LogP contribution < -0.4 is 0 Å². The SMILES string of the molecule is CS(=O)(=O)CC1(CC(=O)N2CCc3cc(F)ccc3C2)CC1. The van der Waals surface area contributed by atoms with Crippen molar-refractivity contribution < 1.29 is 17.6 Å². The number of fused-ring (bicyclic) bond motifs is 1. The molecule has 1 aliphatic heterocycles. The van der Waals surface area contributed by atoms with Gasteiger partial charge in [-0.1, -0.05) is 6.07 Å². The molecule has 2 aliphatic rings. The van der Waals surface area contributed by atoms with Crippen LogP contribution in [0.3, 0.4) is 0 Å². The van der Waals surface area contributed by atoms with Crippen molar-refractivity contribution in [3.05, 3.63) is 35.1 Å². The molecule has 3 rings (SSSR count). The Kier molecular flexibility index (Phi) is 3.75. The molecule has 0 aromatic heterocycles. The van der Waals surface area contributed by atoms with Gasteiger partial charge in [0, 0.05) is 25.8 Å². The van der Waals surface area contributed by atoms with E-state index in [2.05, 4.69) is 0 Å². The van der Waals surface area contributed by atoms with Gasteiger partial charge in [0.2, 0.25) is 5.91 Å². The molecular formula is C16H20FNO3S. The maximum atomic E-state index is 13.2. The zero-order valence-electron chi connectivity index (χ0n) is 12.6. The summed E-state index contributed by atoms with van der Waals surface area (Å²) in [7, 11) is -3.06. The molecule has 120 valence electrons. The number of carbonyl (C=O) groups excluding carboxylic acids is 1. The first-order valence-electron chi connectivity index (χ1n) is 7.49. The highest BCUT2D eigenvalue weighted by molar-refractivity contribution is 7.90. The van der Waals surface area contributed by atoms with Crippen molar-refractivity contribution >= 4 is 15.7 Å². The van der Waals surface area contributed by atoms with Crippen LogP contribution in [-0.2, 0) is 27.6 Å². The Labute approximate surface area is 130 Å². The maximum Gasteiger partial charge on any atom is 0.223 e. The second-order valence-electron chi connectivity index (χ2n) is 6.73. The molecule has 1 saturated carbocycles. The molecule has 0 unspecified atom stereocenters. The molecule has 0 spiro atoms. The van der Waals surface area contributed by atoms with Gasteiger partial charge in [-0.3, -0.25) is 4.79 Å². The third-order valence-corrected chi connectivity index (χ3v) is 5.72. The minimum absolute atomic E-state index is 0.0103. The Balaban J connectivity index is 1.66. The molecule has 0 radical (unpaired) electrons. The van der Waals surface area contributed by atoms with E-state index in [-0.39, 0.29) is 22.9 Å². The van der Waals surface area contributed by atoms with E-state index >= 15 is 0 Å². The van der Waals surface area contributed by atoms with Crippen molar-refractivity contribution in [3.8, 4) is 0 Å². The zero-order chi connectivity index (χ0) is 16.0. The summed E-state index contributed by atoms with van der Waals surface area (Å²) in [4.78, 5) is 14.2. The fourth-order valence-corrected chi connectivity index (χ4v) is 4.78. The first kappa shape index (κ1) is 15.5. The van der Waals surface area contributed by atoms with Crippen LogP contribution in [0.4, 0.5) is 4.39 Å². The third kappa shape index (κ3) is 3.48. The molecule has 0 bridgehead atoms. The summed E-state index contributed by atoms with van der Waals surface area (Å²) in [6.07, 6.45) is 3.79. The normalized spacial score (nSPS) is 19.6. The highest BCUT2D eigenvalue weighted by Gasteiger charge is 2.47. The molecule has 6 heteroatoms. The Morgan fingerprint density at radius 1 is 1.32 bits per heavy atom. The molecule has 1 aliphatic carbocycles. The average Bonchev–Trinajstić information content (AvgIpc) is 3.14. The van der Waals surface area contributed by atoms with Crippen molar-refractivity contribution in [2.75, 3.05) is 18.6 Å². The summed E-state index contributed by atoms with van der Waals surface area (Å²) in [5.41, 5.74) is 1.60. The van der Waals surface area contributed by atoms with Crippen molar-refractivity contribution in [1.29, 1.82) is 0 Å². The van der Waals surface area contributed by atoms with E-state index < -0.39 is 9.84 Å². The minimum atomic E-state index is -3.06. The van der Waals surface area contributed by atoms with Crippen molar-refractivity contribution in [2.24, 2.45) is 5.41 Å². The second-order valence-corrected chi connectivity index (χ2v) is 8.87. The molecule has 0 saturated heterocycles. The van der Waals surface area contributed by atoms with Gasteiger partial charge in [0.15, 0.2) is 0 Å². The number of hydrogen-bond acceptors (Lipinski definition) is 3. The van der Waals surface area contributed by atoms with E-state index in [1.807, 2.05) is 0 Å². The maximum absolute atomic E-state index is 13.2. The lowest BCUT2D eigenvalue weighted by atomic mass is 9.98. The van der Waals surface area contributed by atoms with E-state index in [0.29, 0.717) is 25.9 Å². The van der Waals surface area contributed by atoms with E-state index in [0.717, 1.165) is 24.0 Å². The number of sulfone groups is 1. The third-order valence-electron chi connectivity index (χ3n) is 4.58. The number of amides is 1. The van der Waals surface area contributed by atoms with E-state index in [4.69, 9.17) is 0 Å². The van der Waals surface area contributed by atoms with Gasteiger partial charge >= 0.3 is 0 Å². The summed E-state index contributed by atoms with van der Waals surface area (Å²) in [6.45, 7) is 1.06. The lowest BCUT2D eigenvalue weighted by Gasteiger charge is -2.30.